The third kappa shape index (κ3) is 3.05. The summed E-state index contributed by atoms with van der Waals surface area (Å²) < 4.78 is 0. The Kier molecular flexibility index (Phi) is 4.05. The molecule has 3 heteroatoms. The molecule has 1 aliphatic heterocycles. The van der Waals surface area contributed by atoms with Gasteiger partial charge in [0, 0.05) is 23.9 Å². The van der Waals surface area contributed by atoms with Crippen LogP contribution in [0.2, 0.25) is 0 Å². The summed E-state index contributed by atoms with van der Waals surface area (Å²) >= 11 is 1.81. The summed E-state index contributed by atoms with van der Waals surface area (Å²) in [7, 11) is 0. The molecule has 1 aromatic carbocycles. The molecule has 1 heterocycles. The van der Waals surface area contributed by atoms with E-state index in [0.29, 0.717) is 16.9 Å². The lowest BCUT2D eigenvalue weighted by Crippen LogP contribution is -2.37. The molecule has 2 aliphatic rings. The van der Waals surface area contributed by atoms with Gasteiger partial charge >= 0.3 is 0 Å². The summed E-state index contributed by atoms with van der Waals surface area (Å²) in [5, 5.41) is 0. The molecule has 1 amide bonds. The van der Waals surface area contributed by atoms with Crippen molar-refractivity contribution in [3.05, 3.63) is 35.4 Å². The first kappa shape index (κ1) is 15.9. The predicted octanol–water partition coefficient (Wildman–Crippen LogP) is 4.59. The van der Waals surface area contributed by atoms with E-state index in [-0.39, 0.29) is 5.91 Å². The average molecular weight is 317 g/mol. The summed E-state index contributed by atoms with van der Waals surface area (Å²) in [5.41, 5.74) is 2.80. The molecule has 2 atom stereocenters. The van der Waals surface area contributed by atoms with E-state index < -0.39 is 0 Å². The van der Waals surface area contributed by atoms with E-state index >= 15 is 0 Å². The number of nitrogens with zero attached hydrogens (tertiary/aromatic N) is 1. The molecule has 2 unspecified atom stereocenters. The summed E-state index contributed by atoms with van der Waals surface area (Å²) in [6.07, 6.45) is 5.64. The van der Waals surface area contributed by atoms with Crippen LogP contribution in [0.1, 0.15) is 56.0 Å². The van der Waals surface area contributed by atoms with Gasteiger partial charge in [-0.1, -0.05) is 32.9 Å². The minimum atomic E-state index is 0.224. The molecule has 3 rings (SSSR count). The highest BCUT2D eigenvalue weighted by atomic mass is 32.2. The number of fused-ring (bicyclic) bond motifs is 2. The van der Waals surface area contributed by atoms with Crippen molar-refractivity contribution in [1.82, 2.24) is 4.90 Å². The Balaban J connectivity index is 1.78. The van der Waals surface area contributed by atoms with Gasteiger partial charge in [-0.3, -0.25) is 4.79 Å². The Morgan fingerprint density at radius 3 is 2.55 bits per heavy atom. The lowest BCUT2D eigenvalue weighted by Gasteiger charge is -2.39. The highest BCUT2D eigenvalue weighted by molar-refractivity contribution is 7.97. The van der Waals surface area contributed by atoms with Gasteiger partial charge in [0.05, 0.1) is 0 Å². The van der Waals surface area contributed by atoms with Crippen molar-refractivity contribution in [3.8, 4) is 0 Å². The number of thioether (sulfide) groups is 1. The zero-order valence-electron chi connectivity index (χ0n) is 14.2. The number of benzene rings is 1. The fourth-order valence-electron chi connectivity index (χ4n) is 4.77. The van der Waals surface area contributed by atoms with Crippen LogP contribution < -0.4 is 0 Å². The highest BCUT2D eigenvalue weighted by Crippen LogP contribution is 2.52. The van der Waals surface area contributed by atoms with E-state index in [0.717, 1.165) is 24.3 Å². The standard InChI is InChI=1S/C19H27NOS/c1-18(2)9-16-10-19(3,12-18)13-20(16)17(21)15-7-5-14(6-8-15)11-22-4/h5-8,16H,9-13H2,1-4H3. The summed E-state index contributed by atoms with van der Waals surface area (Å²) in [5.74, 6) is 1.23. The molecule has 0 radical (unpaired) electrons. The maximum absolute atomic E-state index is 12.9. The Morgan fingerprint density at radius 2 is 1.91 bits per heavy atom. The monoisotopic (exact) mass is 317 g/mol. The average Bonchev–Trinajstić information content (AvgIpc) is 2.68. The highest BCUT2D eigenvalue weighted by Gasteiger charge is 2.50. The number of carbonyl (C=O) groups is 1. The lowest BCUT2D eigenvalue weighted by molar-refractivity contribution is 0.0708. The zero-order valence-corrected chi connectivity index (χ0v) is 15.0. The van der Waals surface area contributed by atoms with Gasteiger partial charge in [0.25, 0.3) is 5.91 Å². The van der Waals surface area contributed by atoms with Crippen molar-refractivity contribution in [3.63, 3.8) is 0 Å². The van der Waals surface area contributed by atoms with Gasteiger partial charge in [-0.2, -0.15) is 11.8 Å². The van der Waals surface area contributed by atoms with Crippen LogP contribution in [0, 0.1) is 10.8 Å². The SMILES string of the molecule is CSCc1ccc(C(=O)N2CC3(C)CC2CC(C)(C)C3)cc1. The molecular formula is C19H27NOS. The predicted molar refractivity (Wildman–Crippen MR) is 94.2 cm³/mol. The first-order valence-corrected chi connectivity index (χ1v) is 9.60. The topological polar surface area (TPSA) is 20.3 Å². The van der Waals surface area contributed by atoms with E-state index in [2.05, 4.69) is 44.1 Å². The first-order chi connectivity index (χ1) is 10.3. The van der Waals surface area contributed by atoms with Gasteiger partial charge in [0.2, 0.25) is 0 Å². The molecule has 0 aromatic heterocycles. The second-order valence-electron chi connectivity index (χ2n) is 8.28. The molecule has 0 N–H and O–H groups in total. The van der Waals surface area contributed by atoms with Gasteiger partial charge in [0.1, 0.15) is 0 Å². The fourth-order valence-corrected chi connectivity index (χ4v) is 5.30. The van der Waals surface area contributed by atoms with Crippen LogP contribution in [0.25, 0.3) is 0 Å². The van der Waals surface area contributed by atoms with E-state index in [1.165, 1.54) is 18.4 Å². The van der Waals surface area contributed by atoms with Crippen LogP contribution in [0.15, 0.2) is 24.3 Å². The number of carbonyl (C=O) groups excluding carboxylic acids is 1. The Morgan fingerprint density at radius 1 is 1.23 bits per heavy atom. The van der Waals surface area contributed by atoms with Crippen LogP contribution in [-0.2, 0) is 5.75 Å². The molecule has 2 nitrogen and oxygen atoms in total. The molecule has 0 spiro atoms. The van der Waals surface area contributed by atoms with E-state index in [9.17, 15) is 4.79 Å². The van der Waals surface area contributed by atoms with Gasteiger partial charge in [-0.25, -0.2) is 0 Å². The Bertz CT molecular complexity index is 565. The molecule has 1 saturated carbocycles. The van der Waals surface area contributed by atoms with E-state index in [4.69, 9.17) is 0 Å². The minimum Gasteiger partial charge on any atom is -0.335 e. The van der Waals surface area contributed by atoms with Crippen LogP contribution >= 0.6 is 11.8 Å². The summed E-state index contributed by atoms with van der Waals surface area (Å²) in [6, 6.07) is 8.62. The fraction of sp³-hybridized carbons (Fsp3) is 0.632. The van der Waals surface area contributed by atoms with Crippen molar-refractivity contribution >= 4 is 17.7 Å². The Labute approximate surface area is 138 Å². The molecule has 1 aliphatic carbocycles. The van der Waals surface area contributed by atoms with E-state index in [1.807, 2.05) is 23.9 Å². The third-order valence-corrected chi connectivity index (χ3v) is 5.81. The zero-order chi connectivity index (χ0) is 16.0. The lowest BCUT2D eigenvalue weighted by atomic mass is 9.65. The van der Waals surface area contributed by atoms with Crippen LogP contribution in [0.3, 0.4) is 0 Å². The van der Waals surface area contributed by atoms with Crippen LogP contribution in [-0.4, -0.2) is 29.6 Å². The smallest absolute Gasteiger partial charge is 0.254 e. The molecular weight excluding hydrogens is 290 g/mol. The summed E-state index contributed by atoms with van der Waals surface area (Å²) in [4.78, 5) is 15.1. The molecule has 22 heavy (non-hydrogen) atoms. The molecule has 2 bridgehead atoms. The van der Waals surface area contributed by atoms with Gasteiger partial charge < -0.3 is 4.90 Å². The maximum Gasteiger partial charge on any atom is 0.254 e. The van der Waals surface area contributed by atoms with Crippen LogP contribution in [0.5, 0.6) is 0 Å². The first-order valence-electron chi connectivity index (χ1n) is 8.21. The largest absolute Gasteiger partial charge is 0.335 e. The van der Waals surface area contributed by atoms with Crippen molar-refractivity contribution < 1.29 is 4.79 Å². The number of hydrogen-bond donors (Lipinski definition) is 0. The van der Waals surface area contributed by atoms with Gasteiger partial charge in [-0.05, 0) is 54.0 Å². The third-order valence-electron chi connectivity index (χ3n) is 5.19. The number of amides is 1. The Hall–Kier alpha value is -0.960. The maximum atomic E-state index is 12.9. The van der Waals surface area contributed by atoms with Crippen LogP contribution in [0.4, 0.5) is 0 Å². The normalized spacial score (nSPS) is 29.6. The molecule has 1 saturated heterocycles. The molecule has 120 valence electrons. The van der Waals surface area contributed by atoms with Crippen molar-refractivity contribution in [2.75, 3.05) is 12.8 Å². The number of likely N-dealkylation sites (tertiary alicyclic amines) is 1. The summed E-state index contributed by atoms with van der Waals surface area (Å²) in [6.45, 7) is 7.98. The molecule has 2 fully saturated rings. The number of rotatable bonds is 3. The van der Waals surface area contributed by atoms with E-state index in [1.54, 1.807) is 0 Å². The second-order valence-corrected chi connectivity index (χ2v) is 9.14. The number of hydrogen-bond acceptors (Lipinski definition) is 2. The van der Waals surface area contributed by atoms with Gasteiger partial charge in [0.15, 0.2) is 0 Å². The van der Waals surface area contributed by atoms with Crippen molar-refractivity contribution in [2.24, 2.45) is 10.8 Å². The van der Waals surface area contributed by atoms with Crippen molar-refractivity contribution in [2.45, 2.75) is 51.8 Å². The second kappa shape index (κ2) is 5.59. The quantitative estimate of drug-likeness (QED) is 0.812. The van der Waals surface area contributed by atoms with Crippen molar-refractivity contribution in [1.29, 1.82) is 0 Å². The molecule has 1 aromatic rings. The minimum absolute atomic E-state index is 0.224. The van der Waals surface area contributed by atoms with Gasteiger partial charge in [-0.15, -0.1) is 0 Å².